The van der Waals surface area contributed by atoms with Gasteiger partial charge in [0.15, 0.2) is 0 Å². The monoisotopic (exact) mass is 240 g/mol. The largest absolute Gasteiger partial charge is 0.398 e. The highest BCUT2D eigenvalue weighted by Crippen LogP contribution is 2.20. The lowest BCUT2D eigenvalue weighted by atomic mass is 10.1. The van der Waals surface area contributed by atoms with Gasteiger partial charge in [0.2, 0.25) is 0 Å². The normalized spacial score (nSPS) is 10.3. The van der Waals surface area contributed by atoms with Gasteiger partial charge in [-0.05, 0) is 43.5 Å². The lowest BCUT2D eigenvalue weighted by Gasteiger charge is -2.11. The molecular weight excluding hydrogens is 220 g/mol. The van der Waals surface area contributed by atoms with E-state index < -0.39 is 0 Å². The minimum atomic E-state index is 0.843. The van der Waals surface area contributed by atoms with Gasteiger partial charge in [-0.25, -0.2) is 0 Å². The van der Waals surface area contributed by atoms with Gasteiger partial charge in [-0.15, -0.1) is 0 Å². The Kier molecular flexibility index (Phi) is 3.88. The average molecular weight is 240 g/mol. The molecular formula is C16H20N2. The molecule has 0 aliphatic rings. The Morgan fingerprint density at radius 1 is 1.06 bits per heavy atom. The third kappa shape index (κ3) is 3.04. The van der Waals surface area contributed by atoms with Gasteiger partial charge in [-0.2, -0.15) is 0 Å². The van der Waals surface area contributed by atoms with Crippen LogP contribution in [0.3, 0.4) is 0 Å². The zero-order chi connectivity index (χ0) is 13.0. The number of nitrogens with one attached hydrogen (secondary N) is 1. The molecule has 2 nitrogen and oxygen atoms in total. The molecule has 0 atom stereocenters. The van der Waals surface area contributed by atoms with E-state index >= 15 is 0 Å². The first-order valence-electron chi connectivity index (χ1n) is 6.31. The van der Waals surface area contributed by atoms with Crippen LogP contribution >= 0.6 is 0 Å². The van der Waals surface area contributed by atoms with Gasteiger partial charge in [-0.3, -0.25) is 0 Å². The molecule has 0 saturated heterocycles. The van der Waals surface area contributed by atoms with Gasteiger partial charge in [-0.1, -0.05) is 35.9 Å². The second-order valence-electron chi connectivity index (χ2n) is 4.69. The maximum Gasteiger partial charge on any atom is 0.0390 e. The summed E-state index contributed by atoms with van der Waals surface area (Å²) in [6, 6.07) is 14.6. The third-order valence-electron chi connectivity index (χ3n) is 3.19. The van der Waals surface area contributed by atoms with E-state index in [0.717, 1.165) is 29.9 Å². The minimum Gasteiger partial charge on any atom is -0.398 e. The van der Waals surface area contributed by atoms with Crippen molar-refractivity contribution in [2.24, 2.45) is 0 Å². The number of hydrogen-bond donors (Lipinski definition) is 2. The Bertz CT molecular complexity index is 532. The molecule has 0 unspecified atom stereocenters. The van der Waals surface area contributed by atoms with Crippen molar-refractivity contribution in [3.05, 3.63) is 59.2 Å². The second kappa shape index (κ2) is 5.58. The summed E-state index contributed by atoms with van der Waals surface area (Å²) >= 11 is 0. The quantitative estimate of drug-likeness (QED) is 0.802. The zero-order valence-corrected chi connectivity index (χ0v) is 11.0. The Morgan fingerprint density at radius 2 is 1.83 bits per heavy atom. The van der Waals surface area contributed by atoms with Crippen LogP contribution in [0, 0.1) is 13.8 Å². The van der Waals surface area contributed by atoms with Crippen LogP contribution in [0.5, 0.6) is 0 Å². The van der Waals surface area contributed by atoms with Gasteiger partial charge in [0.05, 0.1) is 0 Å². The summed E-state index contributed by atoms with van der Waals surface area (Å²) in [6.45, 7) is 5.09. The van der Waals surface area contributed by atoms with E-state index in [1.54, 1.807) is 0 Å². The zero-order valence-electron chi connectivity index (χ0n) is 11.0. The summed E-state index contributed by atoms with van der Waals surface area (Å²) in [5.74, 6) is 0. The molecule has 3 N–H and O–H groups in total. The first-order valence-corrected chi connectivity index (χ1v) is 6.31. The SMILES string of the molecule is Cc1cccc(CCNc2cccc(N)c2C)c1. The summed E-state index contributed by atoms with van der Waals surface area (Å²) in [5.41, 5.74) is 11.7. The van der Waals surface area contributed by atoms with E-state index in [4.69, 9.17) is 5.73 Å². The molecule has 0 aliphatic heterocycles. The predicted molar refractivity (Wildman–Crippen MR) is 79.0 cm³/mol. The van der Waals surface area contributed by atoms with Crippen LogP contribution in [0.25, 0.3) is 0 Å². The molecule has 2 aromatic carbocycles. The standard InChI is InChI=1S/C16H20N2/c1-12-5-3-6-14(11-12)9-10-18-16-8-4-7-15(17)13(16)2/h3-8,11,18H,9-10,17H2,1-2H3. The number of nitrogen functional groups attached to an aromatic ring is 1. The first-order chi connectivity index (χ1) is 8.66. The minimum absolute atomic E-state index is 0.843. The molecule has 2 aromatic rings. The average Bonchev–Trinajstić information content (AvgIpc) is 2.35. The lowest BCUT2D eigenvalue weighted by molar-refractivity contribution is 1.01. The number of benzene rings is 2. The van der Waals surface area contributed by atoms with Gasteiger partial charge in [0.1, 0.15) is 0 Å². The summed E-state index contributed by atoms with van der Waals surface area (Å²) in [7, 11) is 0. The van der Waals surface area contributed by atoms with Gasteiger partial charge in [0, 0.05) is 17.9 Å². The molecule has 0 heterocycles. The Morgan fingerprint density at radius 3 is 2.61 bits per heavy atom. The van der Waals surface area contributed by atoms with Crippen LogP contribution < -0.4 is 11.1 Å². The van der Waals surface area contributed by atoms with Gasteiger partial charge in [0.25, 0.3) is 0 Å². The summed E-state index contributed by atoms with van der Waals surface area (Å²) in [6.07, 6.45) is 1.02. The fraction of sp³-hybridized carbons (Fsp3) is 0.250. The fourth-order valence-electron chi connectivity index (χ4n) is 2.05. The van der Waals surface area contributed by atoms with Gasteiger partial charge < -0.3 is 11.1 Å². The van der Waals surface area contributed by atoms with E-state index in [2.05, 4.69) is 42.6 Å². The number of nitrogens with two attached hydrogens (primary N) is 1. The third-order valence-corrected chi connectivity index (χ3v) is 3.19. The Balaban J connectivity index is 1.94. The maximum atomic E-state index is 5.88. The highest BCUT2D eigenvalue weighted by atomic mass is 14.9. The van der Waals surface area contributed by atoms with Crippen molar-refractivity contribution in [1.82, 2.24) is 0 Å². The van der Waals surface area contributed by atoms with Crippen molar-refractivity contribution >= 4 is 11.4 Å². The molecule has 0 aliphatic carbocycles. The van der Waals surface area contributed by atoms with E-state index in [1.807, 2.05) is 19.1 Å². The Labute approximate surface area is 109 Å². The van der Waals surface area contributed by atoms with Crippen LogP contribution in [-0.2, 0) is 6.42 Å². The van der Waals surface area contributed by atoms with Crippen LogP contribution in [0.4, 0.5) is 11.4 Å². The first kappa shape index (κ1) is 12.5. The number of hydrogen-bond acceptors (Lipinski definition) is 2. The van der Waals surface area contributed by atoms with Gasteiger partial charge >= 0.3 is 0 Å². The van der Waals surface area contributed by atoms with E-state index in [0.29, 0.717) is 0 Å². The summed E-state index contributed by atoms with van der Waals surface area (Å²) in [4.78, 5) is 0. The maximum absolute atomic E-state index is 5.88. The number of rotatable bonds is 4. The van der Waals surface area contributed by atoms with E-state index in [-0.39, 0.29) is 0 Å². The number of anilines is 2. The molecule has 94 valence electrons. The fourth-order valence-corrected chi connectivity index (χ4v) is 2.05. The molecule has 18 heavy (non-hydrogen) atoms. The molecule has 0 aromatic heterocycles. The molecule has 2 rings (SSSR count). The van der Waals surface area contributed by atoms with Crippen molar-refractivity contribution < 1.29 is 0 Å². The molecule has 0 amide bonds. The molecule has 0 bridgehead atoms. The molecule has 0 radical (unpaired) electrons. The van der Waals surface area contributed by atoms with E-state index in [1.165, 1.54) is 11.1 Å². The highest BCUT2D eigenvalue weighted by Gasteiger charge is 2.00. The molecule has 0 saturated carbocycles. The van der Waals surface area contributed by atoms with Crippen LogP contribution in [-0.4, -0.2) is 6.54 Å². The van der Waals surface area contributed by atoms with Crippen LogP contribution in [0.1, 0.15) is 16.7 Å². The van der Waals surface area contributed by atoms with Crippen molar-refractivity contribution in [3.63, 3.8) is 0 Å². The van der Waals surface area contributed by atoms with Crippen LogP contribution in [0.2, 0.25) is 0 Å². The lowest BCUT2D eigenvalue weighted by Crippen LogP contribution is -2.07. The summed E-state index contributed by atoms with van der Waals surface area (Å²) in [5, 5.41) is 3.44. The van der Waals surface area contributed by atoms with Crippen molar-refractivity contribution in [3.8, 4) is 0 Å². The predicted octanol–water partition coefficient (Wildman–Crippen LogP) is 3.54. The van der Waals surface area contributed by atoms with Crippen molar-refractivity contribution in [2.45, 2.75) is 20.3 Å². The van der Waals surface area contributed by atoms with Crippen molar-refractivity contribution in [2.75, 3.05) is 17.6 Å². The smallest absolute Gasteiger partial charge is 0.0390 e. The summed E-state index contributed by atoms with van der Waals surface area (Å²) < 4.78 is 0. The van der Waals surface area contributed by atoms with E-state index in [9.17, 15) is 0 Å². The van der Waals surface area contributed by atoms with Crippen LogP contribution in [0.15, 0.2) is 42.5 Å². The van der Waals surface area contributed by atoms with Crippen molar-refractivity contribution in [1.29, 1.82) is 0 Å². The number of aryl methyl sites for hydroxylation is 1. The molecule has 0 fully saturated rings. The Hall–Kier alpha value is -1.96. The topological polar surface area (TPSA) is 38.0 Å². The molecule has 0 spiro atoms. The second-order valence-corrected chi connectivity index (χ2v) is 4.69. The molecule has 2 heteroatoms. The highest BCUT2D eigenvalue weighted by molar-refractivity contribution is 5.62.